The highest BCUT2D eigenvalue weighted by Crippen LogP contribution is 2.20. The van der Waals surface area contributed by atoms with E-state index in [2.05, 4.69) is 10.1 Å². The van der Waals surface area contributed by atoms with Crippen molar-refractivity contribution in [2.75, 3.05) is 19.7 Å². The van der Waals surface area contributed by atoms with E-state index in [0.717, 1.165) is 16.8 Å². The lowest BCUT2D eigenvalue weighted by Crippen LogP contribution is -2.39. The molecule has 0 fully saturated rings. The molecule has 2 atom stereocenters. The van der Waals surface area contributed by atoms with Crippen LogP contribution >= 0.6 is 11.6 Å². The quantitative estimate of drug-likeness (QED) is 0.459. The normalized spacial score (nSPS) is 16.4. The molecule has 3 aromatic carbocycles. The van der Waals surface area contributed by atoms with E-state index in [4.69, 9.17) is 21.2 Å². The molecule has 172 valence electrons. The van der Waals surface area contributed by atoms with Crippen molar-refractivity contribution in [1.82, 2.24) is 4.90 Å². The first-order valence-corrected chi connectivity index (χ1v) is 11.2. The number of benzene rings is 3. The van der Waals surface area contributed by atoms with Crippen LogP contribution in [0, 0.1) is 5.82 Å². The topological polar surface area (TPSA) is 54.3 Å². The van der Waals surface area contributed by atoms with Gasteiger partial charge in [0.2, 0.25) is 0 Å². The number of aliphatic hydroxyl groups excluding tert-OH is 1. The highest BCUT2D eigenvalue weighted by atomic mass is 35.5. The van der Waals surface area contributed by atoms with Crippen molar-refractivity contribution in [3.05, 3.63) is 101 Å². The fourth-order valence-electron chi connectivity index (χ4n) is 3.74. The van der Waals surface area contributed by atoms with Gasteiger partial charge in [-0.3, -0.25) is 4.90 Å². The molecule has 0 aromatic heterocycles. The van der Waals surface area contributed by atoms with Crippen LogP contribution in [0.3, 0.4) is 0 Å². The summed E-state index contributed by atoms with van der Waals surface area (Å²) in [6, 6.07) is 23.3. The molecule has 0 spiro atoms. The fraction of sp³-hybridized carbons (Fsp3) is 0.269. The van der Waals surface area contributed by atoms with Crippen molar-refractivity contribution < 1.29 is 19.1 Å². The second kappa shape index (κ2) is 11.3. The zero-order valence-electron chi connectivity index (χ0n) is 18.1. The molecule has 0 bridgehead atoms. The van der Waals surface area contributed by atoms with E-state index in [1.54, 1.807) is 12.1 Å². The van der Waals surface area contributed by atoms with E-state index < -0.39 is 6.10 Å². The summed E-state index contributed by atoms with van der Waals surface area (Å²) in [4.78, 5) is 7.77. The zero-order valence-corrected chi connectivity index (χ0v) is 18.9. The average Bonchev–Trinajstić information content (AvgIpc) is 3.29. The predicted octanol–water partition coefficient (Wildman–Crippen LogP) is 4.91. The van der Waals surface area contributed by atoms with E-state index in [1.807, 2.05) is 54.6 Å². The van der Waals surface area contributed by atoms with E-state index in [-0.39, 0.29) is 18.5 Å². The van der Waals surface area contributed by atoms with Crippen molar-refractivity contribution in [3.8, 4) is 5.75 Å². The molecule has 0 radical (unpaired) electrons. The first-order chi connectivity index (χ1) is 16.0. The van der Waals surface area contributed by atoms with Crippen LogP contribution in [0.5, 0.6) is 5.75 Å². The second-order valence-electron chi connectivity index (χ2n) is 8.07. The predicted molar refractivity (Wildman–Crippen MR) is 127 cm³/mol. The molecular weight excluding hydrogens is 443 g/mol. The Bertz CT molecular complexity index is 1050. The Morgan fingerprint density at radius 3 is 2.52 bits per heavy atom. The molecule has 0 saturated carbocycles. The van der Waals surface area contributed by atoms with Crippen LogP contribution in [0.4, 0.5) is 4.39 Å². The number of nitrogens with zero attached hydrogens (tertiary/aromatic N) is 2. The van der Waals surface area contributed by atoms with Gasteiger partial charge in [-0.25, -0.2) is 4.39 Å². The molecule has 1 aliphatic heterocycles. The maximum atomic E-state index is 13.3. The smallest absolute Gasteiger partial charge is 0.145 e. The minimum Gasteiger partial charge on any atom is -0.491 e. The average molecular weight is 469 g/mol. The highest BCUT2D eigenvalue weighted by Gasteiger charge is 2.26. The molecule has 1 N–H and O–H groups in total. The molecule has 7 heteroatoms. The summed E-state index contributed by atoms with van der Waals surface area (Å²) < 4.78 is 19.0. The van der Waals surface area contributed by atoms with Crippen LogP contribution in [0.25, 0.3) is 0 Å². The summed E-state index contributed by atoms with van der Waals surface area (Å²) in [6.45, 7) is 1.64. The number of ether oxygens (including phenoxy) is 1. The largest absolute Gasteiger partial charge is 0.491 e. The molecule has 1 aliphatic rings. The Morgan fingerprint density at radius 2 is 1.79 bits per heavy atom. The molecule has 0 unspecified atom stereocenters. The van der Waals surface area contributed by atoms with Gasteiger partial charge in [0.15, 0.2) is 0 Å². The van der Waals surface area contributed by atoms with Gasteiger partial charge in [-0.2, -0.15) is 0 Å². The fourth-order valence-corrected chi connectivity index (χ4v) is 3.86. The highest BCUT2D eigenvalue weighted by molar-refractivity contribution is 6.30. The number of rotatable bonds is 10. The third-order valence-electron chi connectivity index (χ3n) is 5.35. The number of para-hydroxylation sites is 1. The van der Waals surface area contributed by atoms with Gasteiger partial charge in [0, 0.05) is 31.1 Å². The van der Waals surface area contributed by atoms with Crippen LogP contribution in [0.2, 0.25) is 5.02 Å². The van der Waals surface area contributed by atoms with Gasteiger partial charge in [-0.1, -0.05) is 59.2 Å². The lowest BCUT2D eigenvalue weighted by Gasteiger charge is -2.27. The van der Waals surface area contributed by atoms with E-state index in [1.165, 1.54) is 12.1 Å². The number of hydrogen-bond acceptors (Lipinski definition) is 5. The Balaban J connectivity index is 1.37. The van der Waals surface area contributed by atoms with Gasteiger partial charge < -0.3 is 14.7 Å². The van der Waals surface area contributed by atoms with Gasteiger partial charge in [0.25, 0.3) is 0 Å². The lowest BCUT2D eigenvalue weighted by atomic mass is 10.0. The van der Waals surface area contributed by atoms with Crippen LogP contribution in [0.1, 0.15) is 17.5 Å². The molecule has 4 rings (SSSR count). The van der Waals surface area contributed by atoms with Crippen molar-refractivity contribution in [1.29, 1.82) is 0 Å². The first-order valence-electron chi connectivity index (χ1n) is 10.9. The summed E-state index contributed by atoms with van der Waals surface area (Å²) in [5.74, 6) is 0.434. The number of hydrogen-bond donors (Lipinski definition) is 1. The van der Waals surface area contributed by atoms with Gasteiger partial charge in [0.1, 0.15) is 30.4 Å². The molecule has 0 aliphatic carbocycles. The number of halogens is 2. The molecule has 1 heterocycles. The van der Waals surface area contributed by atoms with Crippen LogP contribution in [0.15, 0.2) is 84.0 Å². The molecular formula is C26H26ClFN2O3. The summed E-state index contributed by atoms with van der Waals surface area (Å²) >= 11 is 5.98. The summed E-state index contributed by atoms with van der Waals surface area (Å²) in [5, 5.41) is 15.6. The van der Waals surface area contributed by atoms with Gasteiger partial charge >= 0.3 is 0 Å². The van der Waals surface area contributed by atoms with Crippen molar-refractivity contribution >= 4 is 17.3 Å². The van der Waals surface area contributed by atoms with Gasteiger partial charge in [-0.15, -0.1) is 0 Å². The number of oxime groups is 1. The maximum absolute atomic E-state index is 13.3. The molecule has 5 nitrogen and oxygen atoms in total. The Kier molecular flexibility index (Phi) is 7.94. The van der Waals surface area contributed by atoms with E-state index in [0.29, 0.717) is 36.8 Å². The minimum atomic E-state index is -0.705. The van der Waals surface area contributed by atoms with Crippen molar-refractivity contribution in [3.63, 3.8) is 0 Å². The Labute approximate surface area is 198 Å². The van der Waals surface area contributed by atoms with Gasteiger partial charge in [0.05, 0.1) is 5.71 Å². The summed E-state index contributed by atoms with van der Waals surface area (Å²) in [6.07, 6.45) is -0.208. The summed E-state index contributed by atoms with van der Waals surface area (Å²) in [7, 11) is 0. The van der Waals surface area contributed by atoms with Gasteiger partial charge in [-0.05, 0) is 47.5 Å². The molecule has 3 aromatic rings. The molecule has 0 saturated heterocycles. The van der Waals surface area contributed by atoms with Crippen molar-refractivity contribution in [2.45, 2.75) is 25.2 Å². The van der Waals surface area contributed by atoms with E-state index in [9.17, 15) is 9.50 Å². The first kappa shape index (κ1) is 23.2. The monoisotopic (exact) mass is 468 g/mol. The number of aliphatic hydroxyl groups is 1. The third kappa shape index (κ3) is 7.02. The maximum Gasteiger partial charge on any atom is 0.145 e. The van der Waals surface area contributed by atoms with Crippen LogP contribution in [-0.2, 0) is 11.4 Å². The Morgan fingerprint density at radius 1 is 1.06 bits per heavy atom. The minimum absolute atomic E-state index is 0.154. The van der Waals surface area contributed by atoms with Crippen molar-refractivity contribution in [2.24, 2.45) is 5.16 Å². The molecule has 0 amide bonds. The Hall–Kier alpha value is -2.93. The second-order valence-corrected chi connectivity index (χ2v) is 8.51. The zero-order chi connectivity index (χ0) is 23.0. The standard InChI is InChI=1S/C26H26ClFN2O3/c27-21-10-8-20(9-11-21)26-14-25(33-29-26)17-30(15-19-6-12-22(28)13-7-19)16-23(31)18-32-24-4-2-1-3-5-24/h1-13,23,25,31H,14-18H2/t23-,25-/m0/s1. The lowest BCUT2D eigenvalue weighted by molar-refractivity contribution is 0.0213. The van der Waals surface area contributed by atoms with Crippen LogP contribution in [-0.4, -0.2) is 47.6 Å². The third-order valence-corrected chi connectivity index (χ3v) is 5.60. The van der Waals surface area contributed by atoms with E-state index >= 15 is 0 Å². The van der Waals surface area contributed by atoms with Crippen LogP contribution < -0.4 is 4.74 Å². The summed E-state index contributed by atoms with van der Waals surface area (Å²) in [5.41, 5.74) is 2.79. The molecule has 33 heavy (non-hydrogen) atoms. The SMILES string of the molecule is O[C@H](COc1ccccc1)CN(Cc1ccc(F)cc1)C[C@@H]1CC(c2ccc(Cl)cc2)=NO1.